The van der Waals surface area contributed by atoms with Gasteiger partial charge < -0.3 is 29.7 Å². The number of benzene rings is 1. The molecule has 216 valence electrons. The van der Waals surface area contributed by atoms with Crippen molar-refractivity contribution >= 4 is 29.7 Å². The number of ether oxygens (including phenoxy) is 2. The van der Waals surface area contributed by atoms with Gasteiger partial charge in [0, 0.05) is 37.7 Å². The Hall–Kier alpha value is -4.42. The van der Waals surface area contributed by atoms with Crippen molar-refractivity contribution in [1.29, 1.82) is 0 Å². The molecule has 1 fully saturated rings. The van der Waals surface area contributed by atoms with Crippen LogP contribution in [0, 0.1) is 5.41 Å². The van der Waals surface area contributed by atoms with Gasteiger partial charge in [-0.1, -0.05) is 39.0 Å². The van der Waals surface area contributed by atoms with Crippen LogP contribution < -0.4 is 10.1 Å². The van der Waals surface area contributed by atoms with Crippen LogP contribution in [-0.4, -0.2) is 99.8 Å². The summed E-state index contributed by atoms with van der Waals surface area (Å²) < 4.78 is 12.1. The SMILES string of the molecule is CCOC(=O)N1CCN(C(=O)[C@H](CC(=O)O)NC(=O)c2cc(OCC(=O)C(C)(C)C)n(-c3ccccc3)n2)CC1. The molecule has 0 saturated carbocycles. The lowest BCUT2D eigenvalue weighted by atomic mass is 9.91. The summed E-state index contributed by atoms with van der Waals surface area (Å²) in [6.07, 6.45) is -1.13. The van der Waals surface area contributed by atoms with E-state index in [9.17, 15) is 29.1 Å². The molecule has 3 amide bonds. The van der Waals surface area contributed by atoms with Gasteiger partial charge in [0.2, 0.25) is 11.8 Å². The predicted molar refractivity (Wildman–Crippen MR) is 142 cm³/mol. The fraction of sp³-hybridized carbons (Fsp3) is 0.481. The number of aromatic nitrogens is 2. The van der Waals surface area contributed by atoms with Crippen LogP contribution in [0.4, 0.5) is 4.79 Å². The van der Waals surface area contributed by atoms with Gasteiger partial charge in [-0.25, -0.2) is 9.48 Å². The maximum Gasteiger partial charge on any atom is 0.409 e. The molecular formula is C27H35N5O8. The fourth-order valence-corrected chi connectivity index (χ4v) is 3.84. The zero-order chi connectivity index (χ0) is 29.4. The van der Waals surface area contributed by atoms with Crippen LogP contribution in [0.2, 0.25) is 0 Å². The van der Waals surface area contributed by atoms with E-state index < -0.39 is 41.8 Å². The quantitative estimate of drug-likeness (QED) is 0.443. The molecule has 0 aliphatic carbocycles. The van der Waals surface area contributed by atoms with Gasteiger partial charge >= 0.3 is 12.1 Å². The third kappa shape index (κ3) is 7.80. The molecule has 1 aromatic heterocycles. The van der Waals surface area contributed by atoms with E-state index in [0.29, 0.717) is 5.69 Å². The number of hydrogen-bond acceptors (Lipinski definition) is 8. The summed E-state index contributed by atoms with van der Waals surface area (Å²) in [6.45, 7) is 7.72. The fourth-order valence-electron chi connectivity index (χ4n) is 3.84. The predicted octanol–water partition coefficient (Wildman–Crippen LogP) is 1.74. The summed E-state index contributed by atoms with van der Waals surface area (Å²) in [5.41, 5.74) is -0.195. The molecule has 1 aromatic carbocycles. The highest BCUT2D eigenvalue weighted by Gasteiger charge is 2.33. The molecule has 13 heteroatoms. The number of amides is 3. The topological polar surface area (TPSA) is 160 Å². The molecule has 2 aromatic rings. The zero-order valence-corrected chi connectivity index (χ0v) is 23.1. The summed E-state index contributed by atoms with van der Waals surface area (Å²) in [5.74, 6) is -2.68. The molecule has 40 heavy (non-hydrogen) atoms. The largest absolute Gasteiger partial charge is 0.481 e. The van der Waals surface area contributed by atoms with E-state index in [1.807, 2.05) is 0 Å². The van der Waals surface area contributed by atoms with E-state index in [0.717, 1.165) is 0 Å². The molecule has 1 aliphatic heterocycles. The number of ketones is 1. The van der Waals surface area contributed by atoms with Crippen molar-refractivity contribution in [3.8, 4) is 11.6 Å². The summed E-state index contributed by atoms with van der Waals surface area (Å²) in [6, 6.07) is 8.78. The first-order valence-electron chi connectivity index (χ1n) is 13.0. The monoisotopic (exact) mass is 557 g/mol. The van der Waals surface area contributed by atoms with Crippen LogP contribution >= 0.6 is 0 Å². The first kappa shape index (κ1) is 30.1. The molecule has 1 atom stereocenters. The van der Waals surface area contributed by atoms with E-state index in [1.165, 1.54) is 20.5 Å². The van der Waals surface area contributed by atoms with E-state index in [2.05, 4.69) is 10.4 Å². The summed E-state index contributed by atoms with van der Waals surface area (Å²) in [5, 5.41) is 16.2. The molecule has 2 N–H and O–H groups in total. The average Bonchev–Trinajstić information content (AvgIpc) is 3.35. The Kier molecular flexibility index (Phi) is 9.86. The van der Waals surface area contributed by atoms with Crippen LogP contribution in [0.25, 0.3) is 5.69 Å². The van der Waals surface area contributed by atoms with E-state index in [-0.39, 0.29) is 56.7 Å². The number of nitrogens with one attached hydrogen (secondary N) is 1. The third-order valence-corrected chi connectivity index (χ3v) is 6.20. The van der Waals surface area contributed by atoms with Crippen molar-refractivity contribution in [1.82, 2.24) is 24.9 Å². The number of carbonyl (C=O) groups excluding carboxylic acids is 4. The molecule has 1 aliphatic rings. The standard InChI is InChI=1S/C27H35N5O8/c1-5-39-26(38)31-13-11-30(12-14-31)25(37)20(16-23(34)35)28-24(36)19-15-22(40-17-21(33)27(2,3)4)32(29-19)18-9-7-6-8-10-18/h6-10,15,20H,5,11-14,16-17H2,1-4H3,(H,28,36)(H,34,35)/t20-/m0/s1. The van der Waals surface area contributed by atoms with Crippen LogP contribution in [0.1, 0.15) is 44.6 Å². The molecule has 1 saturated heterocycles. The highest BCUT2D eigenvalue weighted by atomic mass is 16.6. The normalized spacial score (nSPS) is 14.3. The number of aliphatic carboxylic acids is 1. The van der Waals surface area contributed by atoms with Crippen LogP contribution in [-0.2, 0) is 19.1 Å². The smallest absolute Gasteiger partial charge is 0.409 e. The van der Waals surface area contributed by atoms with Crippen molar-refractivity contribution in [3.63, 3.8) is 0 Å². The van der Waals surface area contributed by atoms with E-state index in [4.69, 9.17) is 9.47 Å². The van der Waals surface area contributed by atoms with Crippen LogP contribution in [0.3, 0.4) is 0 Å². The van der Waals surface area contributed by atoms with Gasteiger partial charge in [0.25, 0.3) is 5.91 Å². The lowest BCUT2D eigenvalue weighted by molar-refractivity contribution is -0.143. The summed E-state index contributed by atoms with van der Waals surface area (Å²) >= 11 is 0. The van der Waals surface area contributed by atoms with Gasteiger partial charge in [-0.2, -0.15) is 5.10 Å². The van der Waals surface area contributed by atoms with Gasteiger partial charge in [0.05, 0.1) is 18.7 Å². The minimum absolute atomic E-state index is 0.127. The Morgan fingerprint density at radius 1 is 1.02 bits per heavy atom. The molecule has 0 radical (unpaired) electrons. The Bertz CT molecular complexity index is 1230. The molecule has 0 unspecified atom stereocenters. The number of carbonyl (C=O) groups is 5. The van der Waals surface area contributed by atoms with E-state index in [1.54, 1.807) is 58.0 Å². The van der Waals surface area contributed by atoms with Crippen molar-refractivity contribution in [2.45, 2.75) is 40.2 Å². The zero-order valence-electron chi connectivity index (χ0n) is 23.1. The maximum atomic E-state index is 13.2. The Morgan fingerprint density at radius 2 is 1.65 bits per heavy atom. The minimum Gasteiger partial charge on any atom is -0.481 e. The van der Waals surface area contributed by atoms with Gasteiger partial charge in [0.1, 0.15) is 12.6 Å². The highest BCUT2D eigenvalue weighted by Crippen LogP contribution is 2.22. The second kappa shape index (κ2) is 13.1. The Labute approximate surface area is 232 Å². The molecule has 0 bridgehead atoms. The molecule has 13 nitrogen and oxygen atoms in total. The average molecular weight is 558 g/mol. The number of para-hydroxylation sites is 1. The lowest BCUT2D eigenvalue weighted by Crippen LogP contribution is -2.56. The summed E-state index contributed by atoms with van der Waals surface area (Å²) in [4.78, 5) is 65.2. The number of carboxylic acids is 1. The number of rotatable bonds is 10. The van der Waals surface area contributed by atoms with E-state index >= 15 is 0 Å². The van der Waals surface area contributed by atoms with Crippen LogP contribution in [0.5, 0.6) is 5.88 Å². The first-order chi connectivity index (χ1) is 18.9. The summed E-state index contributed by atoms with van der Waals surface area (Å²) in [7, 11) is 0. The number of nitrogens with zero attached hydrogens (tertiary/aromatic N) is 4. The van der Waals surface area contributed by atoms with Crippen molar-refractivity contribution in [2.75, 3.05) is 39.4 Å². The van der Waals surface area contributed by atoms with Crippen molar-refractivity contribution in [2.24, 2.45) is 5.41 Å². The highest BCUT2D eigenvalue weighted by molar-refractivity contribution is 5.97. The first-order valence-corrected chi connectivity index (χ1v) is 13.0. The minimum atomic E-state index is -1.37. The number of hydrogen-bond donors (Lipinski definition) is 2. The maximum absolute atomic E-state index is 13.2. The lowest BCUT2D eigenvalue weighted by Gasteiger charge is -2.35. The Morgan fingerprint density at radius 3 is 2.23 bits per heavy atom. The molecule has 0 spiro atoms. The molecular weight excluding hydrogens is 522 g/mol. The molecule has 2 heterocycles. The number of carboxylic acid groups (broad SMARTS) is 1. The second-order valence-corrected chi connectivity index (χ2v) is 10.2. The van der Waals surface area contributed by atoms with Crippen LogP contribution in [0.15, 0.2) is 36.4 Å². The van der Waals surface area contributed by atoms with Gasteiger partial charge in [-0.05, 0) is 19.1 Å². The van der Waals surface area contributed by atoms with Crippen molar-refractivity contribution < 1.29 is 38.6 Å². The third-order valence-electron chi connectivity index (χ3n) is 6.20. The molecule has 3 rings (SSSR count). The van der Waals surface area contributed by atoms with Crippen molar-refractivity contribution in [3.05, 3.63) is 42.1 Å². The Balaban J connectivity index is 1.77. The van der Waals surface area contributed by atoms with Gasteiger partial charge in [0.15, 0.2) is 11.5 Å². The van der Waals surface area contributed by atoms with Gasteiger partial charge in [-0.3, -0.25) is 19.2 Å². The number of piperazine rings is 1. The number of Topliss-reactive ketones (excluding diaryl/α,β-unsaturated/α-hetero) is 1. The second-order valence-electron chi connectivity index (χ2n) is 10.2. The van der Waals surface area contributed by atoms with Gasteiger partial charge in [-0.15, -0.1) is 0 Å².